The van der Waals surface area contributed by atoms with E-state index in [2.05, 4.69) is 10.6 Å². The van der Waals surface area contributed by atoms with Crippen molar-refractivity contribution in [1.82, 2.24) is 5.32 Å². The molecule has 2 amide bonds. The Kier molecular flexibility index (Phi) is 6.29. The second kappa shape index (κ2) is 8.89. The van der Waals surface area contributed by atoms with Crippen molar-refractivity contribution in [2.75, 3.05) is 23.3 Å². The lowest BCUT2D eigenvalue weighted by Gasteiger charge is -2.32. The zero-order chi connectivity index (χ0) is 21.8. The minimum absolute atomic E-state index is 0.00493. The van der Waals surface area contributed by atoms with Crippen molar-refractivity contribution in [3.63, 3.8) is 0 Å². The lowest BCUT2D eigenvalue weighted by atomic mass is 9.95. The average Bonchev–Trinajstić information content (AvgIpc) is 2.68. The van der Waals surface area contributed by atoms with E-state index in [4.69, 9.17) is 0 Å². The number of hydrogen-bond donors (Lipinski definition) is 2. The van der Waals surface area contributed by atoms with E-state index < -0.39 is 22.3 Å². The van der Waals surface area contributed by atoms with Crippen LogP contribution < -0.4 is 15.5 Å². The second-order valence-electron chi connectivity index (χ2n) is 7.42. The monoisotopic (exact) mass is 414 g/mol. The summed E-state index contributed by atoms with van der Waals surface area (Å²) in [6, 6.07) is 8.39. The average molecular weight is 414 g/mol. The Balaban J connectivity index is 1.79. The van der Waals surface area contributed by atoms with Crippen LogP contribution in [0.5, 0.6) is 0 Å². The van der Waals surface area contributed by atoms with Gasteiger partial charge in [-0.05, 0) is 56.5 Å². The number of nitrogens with one attached hydrogen (secondary N) is 2. The first-order chi connectivity index (χ1) is 14.3. The largest absolute Gasteiger partial charge is 0.362 e. The molecule has 0 saturated heterocycles. The number of carbonyl (C=O) groups excluding carboxylic acids is 2. The molecule has 0 saturated carbocycles. The number of halogens is 1. The third-order valence-corrected chi connectivity index (χ3v) is 4.78. The fraction of sp³-hybridized carbons (Fsp3) is 0.333. The maximum atomic E-state index is 13.3. The molecule has 0 atom stereocenters. The summed E-state index contributed by atoms with van der Waals surface area (Å²) in [4.78, 5) is 37.3. The molecule has 0 bridgehead atoms. The van der Waals surface area contributed by atoms with Gasteiger partial charge in [0, 0.05) is 23.8 Å². The van der Waals surface area contributed by atoms with Gasteiger partial charge in [-0.15, -0.1) is 0 Å². The van der Waals surface area contributed by atoms with Gasteiger partial charge in [0.25, 0.3) is 11.6 Å². The fourth-order valence-corrected chi connectivity index (χ4v) is 3.54. The summed E-state index contributed by atoms with van der Waals surface area (Å²) in [6.07, 6.45) is 1.49. The Morgan fingerprint density at radius 1 is 1.27 bits per heavy atom. The minimum Gasteiger partial charge on any atom is -0.362 e. The highest BCUT2D eigenvalue weighted by molar-refractivity contribution is 5.99. The predicted molar refractivity (Wildman–Crippen MR) is 111 cm³/mol. The molecule has 2 aromatic rings. The van der Waals surface area contributed by atoms with Gasteiger partial charge in [-0.2, -0.15) is 0 Å². The van der Waals surface area contributed by atoms with Gasteiger partial charge in [-0.3, -0.25) is 19.7 Å². The molecule has 1 aliphatic rings. The maximum Gasteiger partial charge on any atom is 0.295 e. The van der Waals surface area contributed by atoms with Gasteiger partial charge in [0.1, 0.15) is 11.5 Å². The minimum atomic E-state index is -0.753. The summed E-state index contributed by atoms with van der Waals surface area (Å²) in [5, 5.41) is 16.5. The van der Waals surface area contributed by atoms with Crippen LogP contribution in [-0.2, 0) is 11.2 Å². The normalized spacial score (nSPS) is 13.0. The summed E-state index contributed by atoms with van der Waals surface area (Å²) in [5.41, 5.74) is 1.69. The zero-order valence-corrected chi connectivity index (χ0v) is 16.8. The van der Waals surface area contributed by atoms with E-state index in [1.165, 1.54) is 6.07 Å². The molecule has 0 spiro atoms. The van der Waals surface area contributed by atoms with Crippen LogP contribution in [0.25, 0.3) is 0 Å². The standard InChI is InChI=1S/C21H23FN4O4/c1-13(2)23-21(28)16-5-3-7-18-15(16)6-4-10-25(18)12-20(27)24-17-9-8-14(22)11-19(17)26(29)30/h3,5,7-9,11,13H,4,6,10,12H2,1-2H3,(H,23,28)(H,24,27). The van der Waals surface area contributed by atoms with E-state index in [0.29, 0.717) is 12.1 Å². The maximum absolute atomic E-state index is 13.3. The van der Waals surface area contributed by atoms with Crippen molar-refractivity contribution in [3.8, 4) is 0 Å². The number of amides is 2. The van der Waals surface area contributed by atoms with Gasteiger partial charge in [0.05, 0.1) is 17.5 Å². The van der Waals surface area contributed by atoms with Gasteiger partial charge in [-0.1, -0.05) is 6.07 Å². The first-order valence-electron chi connectivity index (χ1n) is 9.67. The molecule has 0 aliphatic carbocycles. The summed E-state index contributed by atoms with van der Waals surface area (Å²) in [7, 11) is 0. The molecule has 30 heavy (non-hydrogen) atoms. The van der Waals surface area contributed by atoms with Crippen LogP contribution in [0.1, 0.15) is 36.2 Å². The van der Waals surface area contributed by atoms with E-state index in [1.807, 2.05) is 24.8 Å². The van der Waals surface area contributed by atoms with Crippen LogP contribution in [0, 0.1) is 15.9 Å². The number of nitrogens with zero attached hydrogens (tertiary/aromatic N) is 2. The van der Waals surface area contributed by atoms with Crippen molar-refractivity contribution < 1.29 is 18.9 Å². The Morgan fingerprint density at radius 2 is 2.03 bits per heavy atom. The van der Waals surface area contributed by atoms with Gasteiger partial charge in [-0.25, -0.2) is 4.39 Å². The smallest absolute Gasteiger partial charge is 0.295 e. The van der Waals surface area contributed by atoms with Crippen molar-refractivity contribution in [1.29, 1.82) is 0 Å². The van der Waals surface area contributed by atoms with Crippen molar-refractivity contribution in [3.05, 3.63) is 63.5 Å². The fourth-order valence-electron chi connectivity index (χ4n) is 3.54. The highest BCUT2D eigenvalue weighted by atomic mass is 19.1. The van der Waals surface area contributed by atoms with Crippen molar-refractivity contribution >= 4 is 28.9 Å². The number of hydrogen-bond acceptors (Lipinski definition) is 5. The Labute approximate surface area is 173 Å². The predicted octanol–water partition coefficient (Wildman–Crippen LogP) is 3.26. The van der Waals surface area contributed by atoms with Gasteiger partial charge in [0.15, 0.2) is 0 Å². The van der Waals surface area contributed by atoms with Crippen LogP contribution in [-0.4, -0.2) is 35.9 Å². The summed E-state index contributed by atoms with van der Waals surface area (Å²) in [5.74, 6) is -1.37. The van der Waals surface area contributed by atoms with E-state index in [-0.39, 0.29) is 24.2 Å². The molecule has 1 aliphatic heterocycles. The lowest BCUT2D eigenvalue weighted by molar-refractivity contribution is -0.384. The van der Waals surface area contributed by atoms with Crippen LogP contribution in [0.2, 0.25) is 0 Å². The van der Waals surface area contributed by atoms with Crippen molar-refractivity contribution in [2.45, 2.75) is 32.7 Å². The van der Waals surface area contributed by atoms with E-state index >= 15 is 0 Å². The number of benzene rings is 2. The lowest BCUT2D eigenvalue weighted by Crippen LogP contribution is -2.38. The molecule has 2 N–H and O–H groups in total. The second-order valence-corrected chi connectivity index (χ2v) is 7.42. The number of anilines is 2. The molecule has 0 aromatic heterocycles. The summed E-state index contributed by atoms with van der Waals surface area (Å²) < 4.78 is 13.3. The number of nitro groups is 1. The van der Waals surface area contributed by atoms with E-state index in [9.17, 15) is 24.1 Å². The summed E-state index contributed by atoms with van der Waals surface area (Å²) in [6.45, 7) is 4.34. The first kappa shape index (κ1) is 21.2. The number of carbonyl (C=O) groups is 2. The van der Waals surface area contributed by atoms with Gasteiger partial charge < -0.3 is 15.5 Å². The molecular weight excluding hydrogens is 391 g/mol. The Bertz CT molecular complexity index is 993. The van der Waals surface area contributed by atoms with Crippen molar-refractivity contribution in [2.24, 2.45) is 0 Å². The third-order valence-electron chi connectivity index (χ3n) is 4.78. The molecule has 8 nitrogen and oxygen atoms in total. The molecule has 0 radical (unpaired) electrons. The summed E-state index contributed by atoms with van der Waals surface area (Å²) >= 11 is 0. The van der Waals surface area contributed by atoms with Gasteiger partial charge >= 0.3 is 0 Å². The molecule has 9 heteroatoms. The van der Waals surface area contributed by atoms with Crippen LogP contribution in [0.3, 0.4) is 0 Å². The number of fused-ring (bicyclic) bond motifs is 1. The molecular formula is C21H23FN4O4. The van der Waals surface area contributed by atoms with Crippen LogP contribution in [0.4, 0.5) is 21.5 Å². The highest BCUT2D eigenvalue weighted by Crippen LogP contribution is 2.30. The molecule has 2 aromatic carbocycles. The topological polar surface area (TPSA) is 105 Å². The molecule has 3 rings (SSSR count). The molecule has 0 unspecified atom stereocenters. The Hall–Kier alpha value is -3.49. The molecule has 1 heterocycles. The third kappa shape index (κ3) is 4.73. The highest BCUT2D eigenvalue weighted by Gasteiger charge is 2.25. The van der Waals surface area contributed by atoms with Crippen LogP contribution >= 0.6 is 0 Å². The van der Waals surface area contributed by atoms with E-state index in [0.717, 1.165) is 36.2 Å². The van der Waals surface area contributed by atoms with Gasteiger partial charge in [0.2, 0.25) is 5.91 Å². The number of rotatable bonds is 6. The Morgan fingerprint density at radius 3 is 2.73 bits per heavy atom. The zero-order valence-electron chi connectivity index (χ0n) is 16.8. The number of nitro benzene ring substituents is 1. The van der Waals surface area contributed by atoms with Crippen LogP contribution in [0.15, 0.2) is 36.4 Å². The van der Waals surface area contributed by atoms with E-state index in [1.54, 1.807) is 12.1 Å². The molecule has 0 fully saturated rings. The SMILES string of the molecule is CC(C)NC(=O)c1cccc2c1CCCN2CC(=O)Nc1ccc(F)cc1[N+](=O)[O-]. The quantitative estimate of drug-likeness (QED) is 0.558. The molecule has 158 valence electrons. The first-order valence-corrected chi connectivity index (χ1v) is 9.67.